The zero-order valence-corrected chi connectivity index (χ0v) is 14.8. The van der Waals surface area contributed by atoms with E-state index in [0.29, 0.717) is 19.6 Å². The maximum absolute atomic E-state index is 12.4. The van der Waals surface area contributed by atoms with E-state index >= 15 is 0 Å². The van der Waals surface area contributed by atoms with Crippen LogP contribution in [-0.2, 0) is 27.3 Å². The molecule has 3 heterocycles. The van der Waals surface area contributed by atoms with Gasteiger partial charge in [0.05, 0.1) is 5.92 Å². The number of fused-ring (bicyclic) bond motifs is 2. The van der Waals surface area contributed by atoms with Crippen molar-refractivity contribution in [2.75, 3.05) is 19.6 Å². The third-order valence-corrected chi connectivity index (χ3v) is 6.87. The molecule has 2 fully saturated rings. The number of amides is 2. The van der Waals surface area contributed by atoms with E-state index in [4.69, 9.17) is 5.11 Å². The van der Waals surface area contributed by atoms with E-state index in [0.717, 1.165) is 19.4 Å². The molecule has 2 aliphatic heterocycles. The molecule has 1 aliphatic carbocycles. The number of rotatable bonds is 4. The molecular formula is C18H22N2O4S. The summed E-state index contributed by atoms with van der Waals surface area (Å²) in [4.78, 5) is 40.9. The predicted octanol–water partition coefficient (Wildman–Crippen LogP) is 1.59. The number of carbonyl (C=O) groups excluding carboxylic acids is 2. The van der Waals surface area contributed by atoms with Gasteiger partial charge in [0.15, 0.2) is 0 Å². The van der Waals surface area contributed by atoms with Gasteiger partial charge in [-0.3, -0.25) is 14.4 Å². The molecule has 0 unspecified atom stereocenters. The molecule has 7 heteroatoms. The lowest BCUT2D eigenvalue weighted by Gasteiger charge is -2.28. The topological polar surface area (TPSA) is 77.9 Å². The number of piperidine rings is 1. The molecule has 0 bridgehead atoms. The number of carboxylic acids is 1. The quantitative estimate of drug-likeness (QED) is 0.882. The van der Waals surface area contributed by atoms with Gasteiger partial charge in [0, 0.05) is 43.9 Å². The second kappa shape index (κ2) is 6.44. The fraction of sp³-hybridized carbons (Fsp3) is 0.611. The van der Waals surface area contributed by atoms with Crippen molar-refractivity contribution in [1.82, 2.24) is 9.80 Å². The van der Waals surface area contributed by atoms with Crippen LogP contribution in [0.15, 0.2) is 11.4 Å². The van der Waals surface area contributed by atoms with Crippen LogP contribution in [0.4, 0.5) is 0 Å². The van der Waals surface area contributed by atoms with Crippen molar-refractivity contribution >= 4 is 29.1 Å². The van der Waals surface area contributed by atoms with E-state index in [1.165, 1.54) is 10.4 Å². The Morgan fingerprint density at radius 1 is 1.12 bits per heavy atom. The van der Waals surface area contributed by atoms with Crippen LogP contribution in [0.1, 0.15) is 29.7 Å². The molecule has 1 saturated heterocycles. The Morgan fingerprint density at radius 3 is 2.64 bits per heavy atom. The van der Waals surface area contributed by atoms with Gasteiger partial charge in [0.1, 0.15) is 0 Å². The van der Waals surface area contributed by atoms with E-state index in [1.54, 1.807) is 16.2 Å². The first kappa shape index (κ1) is 16.6. The largest absolute Gasteiger partial charge is 0.481 e. The molecule has 0 aromatic carbocycles. The number of nitrogens with zero attached hydrogens (tertiary/aromatic N) is 2. The van der Waals surface area contributed by atoms with Gasteiger partial charge in [0.25, 0.3) is 0 Å². The van der Waals surface area contributed by atoms with E-state index in [9.17, 15) is 14.4 Å². The Labute approximate surface area is 150 Å². The standard InChI is InChI=1S/C18H22N2O4S/c21-15(19-7-4-14-11(9-19)5-8-25-14)1-2-16(22)20-6-3-12-13(10-20)17(12)18(23)24/h5,8,12-13,17H,1-4,6-7,9-10H2,(H,23,24)/t12-,13+,17-/m1/s1. The first-order valence-electron chi connectivity index (χ1n) is 8.88. The molecule has 6 nitrogen and oxygen atoms in total. The van der Waals surface area contributed by atoms with E-state index in [1.807, 2.05) is 4.90 Å². The van der Waals surface area contributed by atoms with Gasteiger partial charge in [-0.25, -0.2) is 0 Å². The minimum Gasteiger partial charge on any atom is -0.481 e. The summed E-state index contributed by atoms with van der Waals surface area (Å²) in [6, 6.07) is 2.07. The minimum absolute atomic E-state index is 0.0175. The average molecular weight is 362 g/mol. The highest BCUT2D eigenvalue weighted by Crippen LogP contribution is 2.51. The highest BCUT2D eigenvalue weighted by molar-refractivity contribution is 7.10. The highest BCUT2D eigenvalue weighted by atomic mass is 32.1. The highest BCUT2D eigenvalue weighted by Gasteiger charge is 2.57. The molecule has 4 rings (SSSR count). The monoisotopic (exact) mass is 362 g/mol. The van der Waals surface area contributed by atoms with E-state index in [2.05, 4.69) is 11.4 Å². The van der Waals surface area contributed by atoms with Crippen molar-refractivity contribution in [2.24, 2.45) is 17.8 Å². The molecular weight excluding hydrogens is 340 g/mol. The van der Waals surface area contributed by atoms with Crippen LogP contribution < -0.4 is 0 Å². The first-order valence-corrected chi connectivity index (χ1v) is 9.76. The number of carbonyl (C=O) groups is 3. The molecule has 1 aromatic rings. The van der Waals surface area contributed by atoms with Crippen LogP contribution in [0.5, 0.6) is 0 Å². The molecule has 25 heavy (non-hydrogen) atoms. The molecule has 1 N–H and O–H groups in total. The van der Waals surface area contributed by atoms with Crippen molar-refractivity contribution in [3.05, 3.63) is 21.9 Å². The zero-order chi connectivity index (χ0) is 17.6. The third kappa shape index (κ3) is 3.17. The van der Waals surface area contributed by atoms with Gasteiger partial charge in [-0.2, -0.15) is 0 Å². The molecule has 2 amide bonds. The summed E-state index contributed by atoms with van der Waals surface area (Å²) in [6.07, 6.45) is 2.14. The minimum atomic E-state index is -0.739. The number of likely N-dealkylation sites (tertiary alicyclic amines) is 1. The number of aliphatic carboxylic acids is 1. The van der Waals surface area contributed by atoms with Crippen LogP contribution in [0, 0.1) is 17.8 Å². The summed E-state index contributed by atoms with van der Waals surface area (Å²) in [5.41, 5.74) is 1.23. The van der Waals surface area contributed by atoms with Gasteiger partial charge in [0.2, 0.25) is 11.8 Å². The fourth-order valence-electron chi connectivity index (χ4n) is 4.32. The Hall–Kier alpha value is -1.89. The second-order valence-corrected chi connectivity index (χ2v) is 8.26. The maximum Gasteiger partial charge on any atom is 0.307 e. The molecule has 0 radical (unpaired) electrons. The lowest BCUT2D eigenvalue weighted by molar-refractivity contribution is -0.139. The van der Waals surface area contributed by atoms with Crippen molar-refractivity contribution < 1.29 is 19.5 Å². The van der Waals surface area contributed by atoms with Crippen LogP contribution >= 0.6 is 11.3 Å². The number of thiophene rings is 1. The van der Waals surface area contributed by atoms with Crippen LogP contribution in [-0.4, -0.2) is 52.3 Å². The molecule has 1 saturated carbocycles. The Bertz CT molecular complexity index is 716. The summed E-state index contributed by atoms with van der Waals surface area (Å²) in [6.45, 7) is 2.55. The van der Waals surface area contributed by atoms with Gasteiger partial charge < -0.3 is 14.9 Å². The molecule has 0 spiro atoms. The Balaban J connectivity index is 1.25. The lowest BCUT2D eigenvalue weighted by atomic mass is 10.1. The Kier molecular flexibility index (Phi) is 4.27. The Morgan fingerprint density at radius 2 is 1.88 bits per heavy atom. The second-order valence-electron chi connectivity index (χ2n) is 7.25. The SMILES string of the molecule is O=C(O)[C@@H]1[C@@H]2CCN(C(=O)CCC(=O)N3CCc4sccc4C3)C[C@@H]21. The molecule has 3 aliphatic rings. The number of hydrogen-bond donors (Lipinski definition) is 1. The summed E-state index contributed by atoms with van der Waals surface area (Å²) >= 11 is 1.74. The van der Waals surface area contributed by atoms with Crippen molar-refractivity contribution in [1.29, 1.82) is 0 Å². The predicted molar refractivity (Wildman–Crippen MR) is 92.0 cm³/mol. The van der Waals surface area contributed by atoms with Crippen molar-refractivity contribution in [3.8, 4) is 0 Å². The number of carboxylic acid groups (broad SMARTS) is 1. The van der Waals surface area contributed by atoms with Crippen molar-refractivity contribution in [2.45, 2.75) is 32.2 Å². The third-order valence-electron chi connectivity index (χ3n) is 5.85. The lowest BCUT2D eigenvalue weighted by Crippen LogP contribution is -2.39. The maximum atomic E-state index is 12.4. The van der Waals surface area contributed by atoms with Crippen LogP contribution in [0.3, 0.4) is 0 Å². The van der Waals surface area contributed by atoms with Gasteiger partial charge in [-0.1, -0.05) is 0 Å². The molecule has 3 atom stereocenters. The summed E-state index contributed by atoms with van der Waals surface area (Å²) < 4.78 is 0. The van der Waals surface area contributed by atoms with E-state index < -0.39 is 5.97 Å². The average Bonchev–Trinajstić information content (AvgIpc) is 3.15. The number of hydrogen-bond acceptors (Lipinski definition) is 4. The summed E-state index contributed by atoms with van der Waals surface area (Å²) in [5.74, 6) is -0.627. The smallest absolute Gasteiger partial charge is 0.307 e. The van der Waals surface area contributed by atoms with Crippen LogP contribution in [0.25, 0.3) is 0 Å². The fourth-order valence-corrected chi connectivity index (χ4v) is 5.21. The van der Waals surface area contributed by atoms with Crippen molar-refractivity contribution in [3.63, 3.8) is 0 Å². The molecule has 134 valence electrons. The zero-order valence-electron chi connectivity index (χ0n) is 14.0. The van der Waals surface area contributed by atoms with Gasteiger partial charge in [-0.15, -0.1) is 11.3 Å². The normalized spacial score (nSPS) is 27.4. The van der Waals surface area contributed by atoms with E-state index in [-0.39, 0.29) is 42.4 Å². The van der Waals surface area contributed by atoms with Gasteiger partial charge >= 0.3 is 5.97 Å². The summed E-state index contributed by atoms with van der Waals surface area (Å²) in [7, 11) is 0. The van der Waals surface area contributed by atoms with Gasteiger partial charge in [-0.05, 0) is 41.7 Å². The molecule has 1 aromatic heterocycles. The summed E-state index contributed by atoms with van der Waals surface area (Å²) in [5, 5.41) is 11.2. The van der Waals surface area contributed by atoms with Crippen LogP contribution in [0.2, 0.25) is 0 Å². The first-order chi connectivity index (χ1) is 12.0.